The van der Waals surface area contributed by atoms with Crippen LogP contribution in [-0.2, 0) is 4.79 Å². The molecule has 0 saturated carbocycles. The molecule has 0 fully saturated rings. The van der Waals surface area contributed by atoms with Gasteiger partial charge in [-0.1, -0.05) is 18.2 Å². The van der Waals surface area contributed by atoms with E-state index in [1.165, 1.54) is 18.0 Å². The van der Waals surface area contributed by atoms with Crippen LogP contribution in [0.1, 0.15) is 17.3 Å². The standard InChI is InChI=1S/C13H12N2O3/c1-8(16)15(2)12-9-5-3-4-6-11(9)14-7-10(12)13(17)18/h3-7H,1-2H3,(H,17,18). The monoisotopic (exact) mass is 244 g/mol. The Bertz CT molecular complexity index is 637. The smallest absolute Gasteiger partial charge is 0.339 e. The van der Waals surface area contributed by atoms with Gasteiger partial charge in [0.1, 0.15) is 5.56 Å². The van der Waals surface area contributed by atoms with Crippen LogP contribution in [0.3, 0.4) is 0 Å². The summed E-state index contributed by atoms with van der Waals surface area (Å²) in [4.78, 5) is 28.1. The zero-order valence-electron chi connectivity index (χ0n) is 10.0. The summed E-state index contributed by atoms with van der Waals surface area (Å²) in [7, 11) is 1.55. The summed E-state index contributed by atoms with van der Waals surface area (Å²) < 4.78 is 0. The Morgan fingerprint density at radius 2 is 1.94 bits per heavy atom. The van der Waals surface area contributed by atoms with Crippen molar-refractivity contribution in [2.75, 3.05) is 11.9 Å². The summed E-state index contributed by atoms with van der Waals surface area (Å²) in [6.45, 7) is 1.39. The lowest BCUT2D eigenvalue weighted by molar-refractivity contribution is -0.116. The molecule has 5 nitrogen and oxygen atoms in total. The largest absolute Gasteiger partial charge is 0.478 e. The van der Waals surface area contributed by atoms with E-state index >= 15 is 0 Å². The number of carbonyl (C=O) groups is 2. The summed E-state index contributed by atoms with van der Waals surface area (Å²) in [5, 5.41) is 9.83. The topological polar surface area (TPSA) is 70.5 Å². The zero-order valence-corrected chi connectivity index (χ0v) is 10.0. The number of benzene rings is 1. The summed E-state index contributed by atoms with van der Waals surface area (Å²) >= 11 is 0. The van der Waals surface area contributed by atoms with Crippen LogP contribution in [0.4, 0.5) is 5.69 Å². The molecule has 1 aromatic carbocycles. The van der Waals surface area contributed by atoms with Crippen LogP contribution in [0.5, 0.6) is 0 Å². The first-order chi connectivity index (χ1) is 8.52. The van der Waals surface area contributed by atoms with E-state index in [-0.39, 0.29) is 11.5 Å². The predicted molar refractivity (Wildman–Crippen MR) is 67.8 cm³/mol. The molecule has 5 heteroatoms. The average Bonchev–Trinajstić information content (AvgIpc) is 2.36. The minimum absolute atomic E-state index is 0.0198. The number of amides is 1. The first kappa shape index (κ1) is 12.0. The SMILES string of the molecule is CC(=O)N(C)c1c(C(=O)O)cnc2ccccc12. The van der Waals surface area contributed by atoms with E-state index in [9.17, 15) is 14.7 Å². The summed E-state index contributed by atoms with van der Waals surface area (Å²) in [6, 6.07) is 7.13. The molecule has 92 valence electrons. The summed E-state index contributed by atoms with van der Waals surface area (Å²) in [5.74, 6) is -1.33. The molecule has 1 N–H and O–H groups in total. The number of rotatable bonds is 2. The van der Waals surface area contributed by atoms with E-state index in [0.29, 0.717) is 16.6 Å². The third-order valence-electron chi connectivity index (χ3n) is 2.79. The van der Waals surface area contributed by atoms with Crippen molar-refractivity contribution in [2.45, 2.75) is 6.92 Å². The van der Waals surface area contributed by atoms with Gasteiger partial charge in [0.05, 0.1) is 11.2 Å². The number of aromatic carboxylic acids is 1. The van der Waals surface area contributed by atoms with Crippen LogP contribution in [0.2, 0.25) is 0 Å². The molecule has 0 atom stereocenters. The summed E-state index contributed by atoms with van der Waals surface area (Å²) in [5.41, 5.74) is 1.05. The van der Waals surface area contributed by atoms with Crippen molar-refractivity contribution in [3.63, 3.8) is 0 Å². The quantitative estimate of drug-likeness (QED) is 0.876. The Balaban J connectivity index is 2.82. The highest BCUT2D eigenvalue weighted by atomic mass is 16.4. The molecule has 1 heterocycles. The van der Waals surface area contributed by atoms with E-state index in [0.717, 1.165) is 0 Å². The molecular formula is C13H12N2O3. The highest BCUT2D eigenvalue weighted by molar-refractivity contribution is 6.09. The molecule has 0 aliphatic heterocycles. The number of pyridine rings is 1. The zero-order chi connectivity index (χ0) is 13.3. The van der Waals surface area contributed by atoms with Gasteiger partial charge in [-0.05, 0) is 6.07 Å². The third-order valence-corrected chi connectivity index (χ3v) is 2.79. The molecule has 1 aromatic heterocycles. The molecule has 1 amide bonds. The Labute approximate surface area is 104 Å². The second kappa shape index (κ2) is 4.44. The van der Waals surface area contributed by atoms with E-state index in [1.54, 1.807) is 25.2 Å². The number of fused-ring (bicyclic) bond motifs is 1. The van der Waals surface area contributed by atoms with Crippen molar-refractivity contribution < 1.29 is 14.7 Å². The van der Waals surface area contributed by atoms with Crippen LogP contribution >= 0.6 is 0 Å². The van der Waals surface area contributed by atoms with Gasteiger partial charge in [-0.25, -0.2) is 4.79 Å². The van der Waals surface area contributed by atoms with Crippen LogP contribution in [0, 0.1) is 0 Å². The molecule has 0 spiro atoms. The van der Waals surface area contributed by atoms with Crippen LogP contribution in [0.25, 0.3) is 10.9 Å². The molecule has 0 unspecified atom stereocenters. The second-order valence-electron chi connectivity index (χ2n) is 3.92. The maximum atomic E-state index is 11.5. The molecule has 2 aromatic rings. The first-order valence-corrected chi connectivity index (χ1v) is 5.37. The lowest BCUT2D eigenvalue weighted by Crippen LogP contribution is -2.25. The summed E-state index contributed by atoms with van der Waals surface area (Å²) in [6.07, 6.45) is 1.28. The predicted octanol–water partition coefficient (Wildman–Crippen LogP) is 1.92. The number of hydrogen-bond acceptors (Lipinski definition) is 3. The fourth-order valence-electron chi connectivity index (χ4n) is 1.80. The Morgan fingerprint density at radius 1 is 1.28 bits per heavy atom. The molecule has 0 aliphatic carbocycles. The van der Waals surface area contributed by atoms with E-state index in [1.807, 2.05) is 6.07 Å². The van der Waals surface area contributed by atoms with Crippen LogP contribution in [0.15, 0.2) is 30.5 Å². The minimum atomic E-state index is -1.10. The number of anilines is 1. The number of carbonyl (C=O) groups excluding carboxylic acids is 1. The molecule has 0 aliphatic rings. The van der Waals surface area contributed by atoms with E-state index in [4.69, 9.17) is 0 Å². The molecular weight excluding hydrogens is 232 g/mol. The van der Waals surface area contributed by atoms with Crippen molar-refractivity contribution in [1.29, 1.82) is 0 Å². The average molecular weight is 244 g/mol. The van der Waals surface area contributed by atoms with Crippen molar-refractivity contribution in [3.05, 3.63) is 36.0 Å². The number of carboxylic acids is 1. The number of carboxylic acid groups (broad SMARTS) is 1. The van der Waals surface area contributed by atoms with Gasteiger partial charge in [-0.15, -0.1) is 0 Å². The van der Waals surface area contributed by atoms with Gasteiger partial charge in [0.15, 0.2) is 0 Å². The maximum absolute atomic E-state index is 11.5. The van der Waals surface area contributed by atoms with Gasteiger partial charge in [-0.2, -0.15) is 0 Å². The number of nitrogens with zero attached hydrogens (tertiary/aromatic N) is 2. The van der Waals surface area contributed by atoms with Crippen molar-refractivity contribution in [2.24, 2.45) is 0 Å². The van der Waals surface area contributed by atoms with Gasteiger partial charge >= 0.3 is 5.97 Å². The molecule has 0 saturated heterocycles. The van der Waals surface area contributed by atoms with E-state index < -0.39 is 5.97 Å². The Kier molecular flexibility index (Phi) is 2.97. The fraction of sp³-hybridized carbons (Fsp3) is 0.154. The highest BCUT2D eigenvalue weighted by Gasteiger charge is 2.19. The lowest BCUT2D eigenvalue weighted by Gasteiger charge is -2.19. The van der Waals surface area contributed by atoms with Gasteiger partial charge in [0, 0.05) is 25.6 Å². The maximum Gasteiger partial charge on any atom is 0.339 e. The molecule has 18 heavy (non-hydrogen) atoms. The number of hydrogen-bond donors (Lipinski definition) is 1. The van der Waals surface area contributed by atoms with Gasteiger partial charge in [0.25, 0.3) is 0 Å². The number of aromatic nitrogens is 1. The molecule has 0 bridgehead atoms. The Hall–Kier alpha value is -2.43. The third kappa shape index (κ3) is 1.90. The fourth-order valence-corrected chi connectivity index (χ4v) is 1.80. The van der Waals surface area contributed by atoms with Gasteiger partial charge < -0.3 is 10.0 Å². The molecule has 0 radical (unpaired) electrons. The van der Waals surface area contributed by atoms with Crippen LogP contribution in [-0.4, -0.2) is 29.0 Å². The Morgan fingerprint density at radius 3 is 2.56 bits per heavy atom. The highest BCUT2D eigenvalue weighted by Crippen LogP contribution is 2.28. The lowest BCUT2D eigenvalue weighted by atomic mass is 10.1. The normalized spacial score (nSPS) is 10.3. The number of para-hydroxylation sites is 1. The van der Waals surface area contributed by atoms with Crippen molar-refractivity contribution in [3.8, 4) is 0 Å². The van der Waals surface area contributed by atoms with Gasteiger partial charge in [-0.3, -0.25) is 9.78 Å². The molecule has 2 rings (SSSR count). The van der Waals surface area contributed by atoms with Crippen molar-refractivity contribution in [1.82, 2.24) is 4.98 Å². The van der Waals surface area contributed by atoms with Gasteiger partial charge in [0.2, 0.25) is 5.91 Å². The van der Waals surface area contributed by atoms with E-state index in [2.05, 4.69) is 4.98 Å². The van der Waals surface area contributed by atoms with Crippen molar-refractivity contribution >= 4 is 28.5 Å². The second-order valence-corrected chi connectivity index (χ2v) is 3.92. The minimum Gasteiger partial charge on any atom is -0.478 e. The van der Waals surface area contributed by atoms with Crippen LogP contribution < -0.4 is 4.90 Å². The first-order valence-electron chi connectivity index (χ1n) is 5.37.